The largest absolute Gasteiger partial charge is 0.469 e. The molecule has 0 unspecified atom stereocenters. The standard InChI is InChI=1S/C15H20N2O4/c1-10-3-8-13(14(9-10)17(19)20)16-12-6-4-11(5-7-12)15(18)21-2/h3,8-9,11-12,16H,4-7H2,1-2H3. The quantitative estimate of drug-likeness (QED) is 0.524. The Hall–Kier alpha value is -2.11. The van der Waals surface area contributed by atoms with Crippen LogP contribution in [0.5, 0.6) is 0 Å². The van der Waals surface area contributed by atoms with Crippen LogP contribution in [0, 0.1) is 23.0 Å². The second-order valence-electron chi connectivity index (χ2n) is 5.49. The smallest absolute Gasteiger partial charge is 0.308 e. The van der Waals surface area contributed by atoms with Crippen LogP contribution in [0.25, 0.3) is 0 Å². The Kier molecular flexibility index (Phi) is 4.77. The summed E-state index contributed by atoms with van der Waals surface area (Å²) in [5.74, 6) is -0.198. The predicted octanol–water partition coefficient (Wildman–Crippen LogP) is 3.05. The molecule has 0 amide bonds. The lowest BCUT2D eigenvalue weighted by atomic mass is 9.86. The van der Waals surface area contributed by atoms with Gasteiger partial charge in [-0.1, -0.05) is 6.07 Å². The Morgan fingerprint density at radius 3 is 2.57 bits per heavy atom. The van der Waals surface area contributed by atoms with Crippen molar-refractivity contribution in [3.05, 3.63) is 33.9 Å². The molecule has 0 saturated heterocycles. The number of anilines is 1. The molecule has 1 aromatic carbocycles. The highest BCUT2D eigenvalue weighted by Gasteiger charge is 2.27. The molecule has 114 valence electrons. The highest BCUT2D eigenvalue weighted by atomic mass is 16.6. The summed E-state index contributed by atoms with van der Waals surface area (Å²) in [6, 6.07) is 5.34. The predicted molar refractivity (Wildman–Crippen MR) is 79.2 cm³/mol. The van der Waals surface area contributed by atoms with E-state index in [0.29, 0.717) is 5.69 Å². The van der Waals surface area contributed by atoms with Crippen LogP contribution in [0.2, 0.25) is 0 Å². The van der Waals surface area contributed by atoms with Crippen LogP contribution in [0.3, 0.4) is 0 Å². The van der Waals surface area contributed by atoms with Crippen molar-refractivity contribution in [2.75, 3.05) is 12.4 Å². The number of rotatable bonds is 4. The van der Waals surface area contributed by atoms with Crippen LogP contribution in [-0.4, -0.2) is 24.0 Å². The van der Waals surface area contributed by atoms with Gasteiger partial charge >= 0.3 is 5.97 Å². The maximum Gasteiger partial charge on any atom is 0.308 e. The Balaban J connectivity index is 2.01. The van der Waals surface area contributed by atoms with Gasteiger partial charge in [0.2, 0.25) is 0 Å². The average Bonchev–Trinajstić information content (AvgIpc) is 2.49. The summed E-state index contributed by atoms with van der Waals surface area (Å²) in [6.07, 6.45) is 3.13. The maximum atomic E-state index is 11.5. The van der Waals surface area contributed by atoms with Crippen molar-refractivity contribution < 1.29 is 14.5 Å². The molecule has 1 aromatic rings. The molecule has 1 saturated carbocycles. The number of ether oxygens (including phenoxy) is 1. The molecule has 1 N–H and O–H groups in total. The van der Waals surface area contributed by atoms with Crippen molar-refractivity contribution in [2.24, 2.45) is 5.92 Å². The van der Waals surface area contributed by atoms with Crippen LogP contribution in [-0.2, 0) is 9.53 Å². The molecule has 0 aliphatic heterocycles. The van der Waals surface area contributed by atoms with E-state index >= 15 is 0 Å². The van der Waals surface area contributed by atoms with E-state index < -0.39 is 0 Å². The van der Waals surface area contributed by atoms with Gasteiger partial charge in [0.05, 0.1) is 18.0 Å². The molecule has 0 atom stereocenters. The van der Waals surface area contributed by atoms with E-state index in [-0.39, 0.29) is 28.5 Å². The fourth-order valence-electron chi connectivity index (χ4n) is 2.77. The second kappa shape index (κ2) is 6.56. The van der Waals surface area contributed by atoms with E-state index in [9.17, 15) is 14.9 Å². The summed E-state index contributed by atoms with van der Waals surface area (Å²) in [5.41, 5.74) is 1.51. The first-order valence-corrected chi connectivity index (χ1v) is 7.10. The second-order valence-corrected chi connectivity index (χ2v) is 5.49. The van der Waals surface area contributed by atoms with E-state index in [0.717, 1.165) is 31.2 Å². The third kappa shape index (κ3) is 3.71. The van der Waals surface area contributed by atoms with Gasteiger partial charge in [0.25, 0.3) is 5.69 Å². The lowest BCUT2D eigenvalue weighted by Gasteiger charge is -2.28. The highest BCUT2D eigenvalue weighted by molar-refractivity contribution is 5.72. The van der Waals surface area contributed by atoms with Crippen molar-refractivity contribution in [1.82, 2.24) is 0 Å². The van der Waals surface area contributed by atoms with Gasteiger partial charge in [0.1, 0.15) is 5.69 Å². The topological polar surface area (TPSA) is 81.5 Å². The van der Waals surface area contributed by atoms with Crippen LogP contribution in [0.15, 0.2) is 18.2 Å². The van der Waals surface area contributed by atoms with Crippen molar-refractivity contribution >= 4 is 17.3 Å². The van der Waals surface area contributed by atoms with E-state index in [1.165, 1.54) is 7.11 Å². The number of nitro groups is 1. The number of benzene rings is 1. The van der Waals surface area contributed by atoms with Crippen molar-refractivity contribution in [1.29, 1.82) is 0 Å². The number of nitrogens with zero attached hydrogens (tertiary/aromatic N) is 1. The van der Waals surface area contributed by atoms with Gasteiger partial charge in [-0.05, 0) is 44.2 Å². The Labute approximate surface area is 123 Å². The number of nitro benzene ring substituents is 1. The number of carbonyl (C=O) groups is 1. The van der Waals surface area contributed by atoms with E-state index in [1.54, 1.807) is 12.1 Å². The molecule has 0 heterocycles. The number of hydrogen-bond acceptors (Lipinski definition) is 5. The molecule has 6 nitrogen and oxygen atoms in total. The van der Waals surface area contributed by atoms with Gasteiger partial charge in [-0.2, -0.15) is 0 Å². The Bertz CT molecular complexity index is 536. The molecule has 0 spiro atoms. The first kappa shape index (κ1) is 15.3. The number of methoxy groups -OCH3 is 1. The average molecular weight is 292 g/mol. The van der Waals surface area contributed by atoms with Crippen LogP contribution >= 0.6 is 0 Å². The molecule has 2 rings (SSSR count). The molecule has 1 fully saturated rings. The van der Waals surface area contributed by atoms with Gasteiger partial charge in [-0.15, -0.1) is 0 Å². The van der Waals surface area contributed by atoms with Gasteiger partial charge in [0.15, 0.2) is 0 Å². The van der Waals surface area contributed by atoms with E-state index in [1.807, 2.05) is 13.0 Å². The monoisotopic (exact) mass is 292 g/mol. The fourth-order valence-corrected chi connectivity index (χ4v) is 2.77. The molecule has 1 aliphatic rings. The number of carbonyl (C=O) groups excluding carboxylic acids is 1. The third-order valence-corrected chi connectivity index (χ3v) is 3.97. The van der Waals surface area contributed by atoms with Crippen LogP contribution in [0.1, 0.15) is 31.2 Å². The van der Waals surface area contributed by atoms with Gasteiger partial charge < -0.3 is 10.1 Å². The van der Waals surface area contributed by atoms with Crippen molar-refractivity contribution in [3.63, 3.8) is 0 Å². The van der Waals surface area contributed by atoms with Gasteiger partial charge in [-0.25, -0.2) is 0 Å². The summed E-state index contributed by atoms with van der Waals surface area (Å²) in [4.78, 5) is 22.2. The normalized spacial score (nSPS) is 21.6. The van der Waals surface area contributed by atoms with Gasteiger partial charge in [0, 0.05) is 12.1 Å². The first-order valence-electron chi connectivity index (χ1n) is 7.10. The molecule has 0 bridgehead atoms. The number of nitrogens with one attached hydrogen (secondary N) is 1. The summed E-state index contributed by atoms with van der Waals surface area (Å²) in [6.45, 7) is 1.83. The molecule has 1 aliphatic carbocycles. The number of aryl methyl sites for hydroxylation is 1. The number of hydrogen-bond donors (Lipinski definition) is 1. The zero-order valence-corrected chi connectivity index (χ0v) is 12.3. The lowest BCUT2D eigenvalue weighted by molar-refractivity contribution is -0.384. The zero-order valence-electron chi connectivity index (χ0n) is 12.3. The summed E-state index contributed by atoms with van der Waals surface area (Å²) < 4.78 is 4.76. The molecule has 21 heavy (non-hydrogen) atoms. The fraction of sp³-hybridized carbons (Fsp3) is 0.533. The molecule has 0 radical (unpaired) electrons. The lowest BCUT2D eigenvalue weighted by Crippen LogP contribution is -2.30. The first-order chi connectivity index (χ1) is 10.0. The summed E-state index contributed by atoms with van der Waals surface area (Å²) in [5, 5.41) is 14.3. The van der Waals surface area contributed by atoms with Crippen LogP contribution in [0.4, 0.5) is 11.4 Å². The highest BCUT2D eigenvalue weighted by Crippen LogP contribution is 2.31. The van der Waals surface area contributed by atoms with Crippen LogP contribution < -0.4 is 5.32 Å². The van der Waals surface area contributed by atoms with E-state index in [4.69, 9.17) is 4.74 Å². The third-order valence-electron chi connectivity index (χ3n) is 3.97. The van der Waals surface area contributed by atoms with Crippen molar-refractivity contribution in [3.8, 4) is 0 Å². The van der Waals surface area contributed by atoms with Gasteiger partial charge in [-0.3, -0.25) is 14.9 Å². The molecule has 0 aromatic heterocycles. The summed E-state index contributed by atoms with van der Waals surface area (Å²) >= 11 is 0. The Morgan fingerprint density at radius 2 is 2.00 bits per heavy atom. The minimum atomic E-state index is -0.366. The SMILES string of the molecule is COC(=O)C1CCC(Nc2ccc(C)cc2[N+](=O)[O-])CC1. The molecular formula is C15H20N2O4. The Morgan fingerprint density at radius 1 is 1.33 bits per heavy atom. The van der Waals surface area contributed by atoms with E-state index in [2.05, 4.69) is 5.32 Å². The summed E-state index contributed by atoms with van der Waals surface area (Å²) in [7, 11) is 1.41. The maximum absolute atomic E-state index is 11.5. The zero-order chi connectivity index (χ0) is 15.4. The minimum Gasteiger partial charge on any atom is -0.469 e. The molecular weight excluding hydrogens is 272 g/mol. The number of esters is 1. The minimum absolute atomic E-state index is 0.0407. The van der Waals surface area contributed by atoms with Crippen molar-refractivity contribution in [2.45, 2.75) is 38.6 Å². The molecule has 6 heteroatoms.